The molecule has 2 rings (SSSR count). The van der Waals surface area contributed by atoms with Crippen molar-refractivity contribution in [2.45, 2.75) is 13.0 Å². The third-order valence-corrected chi connectivity index (χ3v) is 3.58. The number of halogens is 1. The van der Waals surface area contributed by atoms with Gasteiger partial charge in [0.25, 0.3) is 0 Å². The SMILES string of the molecule is CC(Nc1cc(C#N)ccc1Cl)c1nccs1. The van der Waals surface area contributed by atoms with Crippen LogP contribution in [0.5, 0.6) is 0 Å². The minimum absolute atomic E-state index is 0.0708. The normalized spacial score (nSPS) is 11.8. The summed E-state index contributed by atoms with van der Waals surface area (Å²) in [7, 11) is 0. The summed E-state index contributed by atoms with van der Waals surface area (Å²) in [4.78, 5) is 4.23. The highest BCUT2D eigenvalue weighted by Crippen LogP contribution is 2.27. The molecule has 0 spiro atoms. The first-order valence-corrected chi connectivity index (χ1v) is 6.32. The quantitative estimate of drug-likeness (QED) is 0.915. The Bertz CT molecular complexity index is 545. The molecule has 17 heavy (non-hydrogen) atoms. The van der Waals surface area contributed by atoms with E-state index in [4.69, 9.17) is 16.9 Å². The van der Waals surface area contributed by atoms with E-state index < -0.39 is 0 Å². The number of thiazole rings is 1. The van der Waals surface area contributed by atoms with E-state index in [1.54, 1.807) is 35.7 Å². The van der Waals surface area contributed by atoms with E-state index in [9.17, 15) is 0 Å². The highest BCUT2D eigenvalue weighted by Gasteiger charge is 2.10. The van der Waals surface area contributed by atoms with Crippen LogP contribution in [0.2, 0.25) is 5.02 Å². The fraction of sp³-hybridized carbons (Fsp3) is 0.167. The Morgan fingerprint density at radius 3 is 3.00 bits per heavy atom. The first-order valence-electron chi connectivity index (χ1n) is 5.06. The smallest absolute Gasteiger partial charge is 0.115 e. The lowest BCUT2D eigenvalue weighted by Gasteiger charge is -2.14. The van der Waals surface area contributed by atoms with Crippen LogP contribution in [0.4, 0.5) is 5.69 Å². The van der Waals surface area contributed by atoms with Gasteiger partial charge >= 0.3 is 0 Å². The molecular formula is C12H10ClN3S. The third-order valence-electron chi connectivity index (χ3n) is 2.29. The van der Waals surface area contributed by atoms with E-state index in [0.29, 0.717) is 10.6 Å². The van der Waals surface area contributed by atoms with Gasteiger partial charge in [0.15, 0.2) is 0 Å². The van der Waals surface area contributed by atoms with Gasteiger partial charge in [0, 0.05) is 11.6 Å². The van der Waals surface area contributed by atoms with Crippen molar-refractivity contribution in [2.75, 3.05) is 5.32 Å². The summed E-state index contributed by atoms with van der Waals surface area (Å²) in [6.07, 6.45) is 1.77. The standard InChI is InChI=1S/C12H10ClN3S/c1-8(12-15-4-5-17-12)16-11-6-9(7-14)2-3-10(11)13/h2-6,8,16H,1H3. The first kappa shape index (κ1) is 11.9. The average Bonchev–Trinajstić information content (AvgIpc) is 2.85. The van der Waals surface area contributed by atoms with Gasteiger partial charge in [-0.3, -0.25) is 0 Å². The molecule has 0 amide bonds. The summed E-state index contributed by atoms with van der Waals surface area (Å²) in [6, 6.07) is 7.32. The molecule has 0 aliphatic rings. The Hall–Kier alpha value is -1.57. The van der Waals surface area contributed by atoms with Gasteiger partial charge in [0.1, 0.15) is 5.01 Å². The Balaban J connectivity index is 2.21. The number of nitriles is 1. The van der Waals surface area contributed by atoms with Crippen molar-refractivity contribution in [3.8, 4) is 6.07 Å². The second-order valence-corrected chi connectivity index (χ2v) is 4.88. The number of benzene rings is 1. The van der Waals surface area contributed by atoms with E-state index in [1.807, 2.05) is 12.3 Å². The number of hydrogen-bond acceptors (Lipinski definition) is 4. The molecule has 0 fully saturated rings. The monoisotopic (exact) mass is 263 g/mol. The van der Waals surface area contributed by atoms with Crippen LogP contribution in [0.3, 0.4) is 0 Å². The average molecular weight is 264 g/mol. The van der Waals surface area contributed by atoms with Gasteiger partial charge in [-0.2, -0.15) is 5.26 Å². The summed E-state index contributed by atoms with van der Waals surface area (Å²) < 4.78 is 0. The molecule has 0 aliphatic carbocycles. The lowest BCUT2D eigenvalue weighted by Crippen LogP contribution is -2.06. The molecule has 3 nitrogen and oxygen atoms in total. The van der Waals surface area contributed by atoms with Crippen LogP contribution in [0, 0.1) is 11.3 Å². The van der Waals surface area contributed by atoms with Crippen molar-refractivity contribution >= 4 is 28.6 Å². The highest BCUT2D eigenvalue weighted by molar-refractivity contribution is 7.09. The Morgan fingerprint density at radius 1 is 1.53 bits per heavy atom. The number of nitrogens with zero attached hydrogens (tertiary/aromatic N) is 2. The summed E-state index contributed by atoms with van der Waals surface area (Å²) in [5.74, 6) is 0. The minimum Gasteiger partial charge on any atom is -0.375 e. The van der Waals surface area contributed by atoms with Gasteiger partial charge in [-0.1, -0.05) is 11.6 Å². The van der Waals surface area contributed by atoms with Crippen LogP contribution >= 0.6 is 22.9 Å². The number of rotatable bonds is 3. The molecule has 1 N–H and O–H groups in total. The second kappa shape index (κ2) is 5.17. The number of anilines is 1. The Labute approximate surface area is 109 Å². The van der Waals surface area contributed by atoms with Crippen LogP contribution in [0.1, 0.15) is 23.5 Å². The molecule has 1 aromatic heterocycles. The molecule has 0 bridgehead atoms. The molecule has 1 heterocycles. The van der Waals surface area contributed by atoms with Gasteiger partial charge in [0.2, 0.25) is 0 Å². The fourth-order valence-electron chi connectivity index (χ4n) is 1.45. The van der Waals surface area contributed by atoms with E-state index in [-0.39, 0.29) is 6.04 Å². The zero-order chi connectivity index (χ0) is 12.3. The summed E-state index contributed by atoms with van der Waals surface area (Å²) in [5.41, 5.74) is 1.34. The maximum Gasteiger partial charge on any atom is 0.115 e. The fourth-order valence-corrected chi connectivity index (χ4v) is 2.27. The van der Waals surface area contributed by atoms with E-state index >= 15 is 0 Å². The van der Waals surface area contributed by atoms with Crippen molar-refractivity contribution in [2.24, 2.45) is 0 Å². The molecule has 1 atom stereocenters. The molecular weight excluding hydrogens is 254 g/mol. The van der Waals surface area contributed by atoms with E-state index in [1.165, 1.54) is 0 Å². The predicted octanol–water partition coefficient (Wildman–Crippen LogP) is 3.84. The number of aromatic nitrogens is 1. The molecule has 86 valence electrons. The zero-order valence-corrected chi connectivity index (χ0v) is 10.7. The lowest BCUT2D eigenvalue weighted by molar-refractivity contribution is 0.870. The molecule has 0 radical (unpaired) electrons. The van der Waals surface area contributed by atoms with Gasteiger partial charge in [-0.15, -0.1) is 11.3 Å². The molecule has 5 heteroatoms. The molecule has 1 aromatic carbocycles. The van der Waals surface area contributed by atoms with Crippen LogP contribution in [0.25, 0.3) is 0 Å². The maximum absolute atomic E-state index is 8.84. The second-order valence-electron chi connectivity index (χ2n) is 3.54. The van der Waals surface area contributed by atoms with Crippen molar-refractivity contribution in [3.63, 3.8) is 0 Å². The van der Waals surface area contributed by atoms with Gasteiger partial charge in [-0.05, 0) is 25.1 Å². The van der Waals surface area contributed by atoms with E-state index in [2.05, 4.69) is 16.4 Å². The van der Waals surface area contributed by atoms with Crippen LogP contribution < -0.4 is 5.32 Å². The van der Waals surface area contributed by atoms with Gasteiger partial charge < -0.3 is 5.32 Å². The Morgan fingerprint density at radius 2 is 2.35 bits per heavy atom. The van der Waals surface area contributed by atoms with E-state index in [0.717, 1.165) is 10.7 Å². The summed E-state index contributed by atoms with van der Waals surface area (Å²) in [5, 5.41) is 15.6. The number of nitrogens with one attached hydrogen (secondary N) is 1. The summed E-state index contributed by atoms with van der Waals surface area (Å²) in [6.45, 7) is 2.01. The minimum atomic E-state index is 0.0708. The predicted molar refractivity (Wildman–Crippen MR) is 70.3 cm³/mol. The first-order chi connectivity index (χ1) is 8.20. The van der Waals surface area contributed by atoms with Crippen molar-refractivity contribution < 1.29 is 0 Å². The van der Waals surface area contributed by atoms with Crippen LogP contribution in [-0.4, -0.2) is 4.98 Å². The third kappa shape index (κ3) is 2.76. The number of hydrogen-bond donors (Lipinski definition) is 1. The molecule has 2 aromatic rings. The van der Waals surface area contributed by atoms with Gasteiger partial charge in [-0.25, -0.2) is 4.98 Å². The van der Waals surface area contributed by atoms with Crippen LogP contribution in [-0.2, 0) is 0 Å². The highest BCUT2D eigenvalue weighted by atomic mass is 35.5. The van der Waals surface area contributed by atoms with Crippen LogP contribution in [0.15, 0.2) is 29.8 Å². The zero-order valence-electron chi connectivity index (χ0n) is 9.14. The Kier molecular flexibility index (Phi) is 3.62. The summed E-state index contributed by atoms with van der Waals surface area (Å²) >= 11 is 7.65. The molecule has 1 unspecified atom stereocenters. The van der Waals surface area contributed by atoms with Crippen molar-refractivity contribution in [3.05, 3.63) is 45.4 Å². The van der Waals surface area contributed by atoms with Crippen molar-refractivity contribution in [1.82, 2.24) is 4.98 Å². The topological polar surface area (TPSA) is 48.7 Å². The maximum atomic E-state index is 8.84. The van der Waals surface area contributed by atoms with Gasteiger partial charge in [0.05, 0.1) is 28.4 Å². The molecule has 0 aliphatic heterocycles. The van der Waals surface area contributed by atoms with Crippen molar-refractivity contribution in [1.29, 1.82) is 5.26 Å². The lowest BCUT2D eigenvalue weighted by atomic mass is 10.2. The largest absolute Gasteiger partial charge is 0.375 e. The molecule has 0 saturated heterocycles. The molecule has 0 saturated carbocycles.